The fourth-order valence-corrected chi connectivity index (χ4v) is 23.4. The molecule has 0 aliphatic carbocycles. The van der Waals surface area contributed by atoms with Crippen LogP contribution in [0.5, 0.6) is 0 Å². The Kier molecular flexibility index (Phi) is 10.9. The van der Waals surface area contributed by atoms with Gasteiger partial charge in [-0.3, -0.25) is 0 Å². The van der Waals surface area contributed by atoms with Gasteiger partial charge in [0.05, 0.1) is 9.75 Å². The minimum atomic E-state index is -1.77. The van der Waals surface area contributed by atoms with Crippen molar-refractivity contribution in [3.05, 3.63) is 68.0 Å². The predicted octanol–water partition coefficient (Wildman–Crippen LogP) is 15.9. The van der Waals surface area contributed by atoms with Gasteiger partial charge < -0.3 is 0 Å². The topological polar surface area (TPSA) is 0 Å². The van der Waals surface area contributed by atoms with Crippen LogP contribution in [-0.2, 0) is 0 Å². The van der Waals surface area contributed by atoms with Crippen molar-refractivity contribution in [2.75, 3.05) is 0 Å². The summed E-state index contributed by atoms with van der Waals surface area (Å²) in [5, 5.41) is 5.38. The number of hydrogen-bond donors (Lipinski definition) is 0. The van der Waals surface area contributed by atoms with Gasteiger partial charge in [-0.2, -0.15) is 0 Å². The fourth-order valence-electron chi connectivity index (χ4n) is 8.96. The molecule has 2 aromatic carbocycles. The highest BCUT2D eigenvalue weighted by Gasteiger charge is 2.42. The van der Waals surface area contributed by atoms with Gasteiger partial charge in [0, 0.05) is 50.1 Å². The molecule has 0 aliphatic heterocycles. The van der Waals surface area contributed by atoms with E-state index in [0.29, 0.717) is 33.2 Å². The molecule has 0 saturated carbocycles. The molecule has 0 N–H and O–H groups in total. The summed E-state index contributed by atoms with van der Waals surface area (Å²) in [5.74, 6) is 7.41. The lowest BCUT2D eigenvalue weighted by molar-refractivity contribution is 0.838. The highest BCUT2D eigenvalue weighted by Crippen LogP contribution is 2.43. The second-order valence-corrected chi connectivity index (χ2v) is 31.5. The summed E-state index contributed by atoms with van der Waals surface area (Å²) in [6.07, 6.45) is 4.61. The molecule has 260 valence electrons. The lowest BCUT2D eigenvalue weighted by atomic mass is 10.1. The van der Waals surface area contributed by atoms with Crippen LogP contribution in [0, 0.1) is 22.9 Å². The Morgan fingerprint density at radius 1 is 0.420 bits per heavy atom. The van der Waals surface area contributed by atoms with Crippen LogP contribution in [0.4, 0.5) is 0 Å². The van der Waals surface area contributed by atoms with Gasteiger partial charge in [0.2, 0.25) is 0 Å². The summed E-state index contributed by atoms with van der Waals surface area (Å²) in [6.45, 7) is 28.7. The average Bonchev–Trinajstić information content (AvgIpc) is 3.82. The van der Waals surface area contributed by atoms with Crippen molar-refractivity contribution in [2.45, 2.75) is 116 Å². The largest absolute Gasteiger partial charge is 0.146 e. The molecule has 6 heteroatoms. The number of fused-ring (bicyclic) bond motifs is 6. The third-order valence-corrected chi connectivity index (χ3v) is 28.1. The summed E-state index contributed by atoms with van der Waals surface area (Å²) >= 11 is 7.46. The van der Waals surface area contributed by atoms with Crippen LogP contribution in [0.25, 0.3) is 52.5 Å². The highest BCUT2D eigenvalue weighted by atomic mass is 32.1. The molecule has 4 heterocycles. The molecule has 0 radical (unpaired) electrons. The maximum atomic E-state index is 3.94. The predicted molar refractivity (Wildman–Crippen MR) is 239 cm³/mol. The van der Waals surface area contributed by atoms with Crippen molar-refractivity contribution in [2.24, 2.45) is 0 Å². The fraction of sp³-hybridized carbons (Fsp3) is 0.409. The smallest absolute Gasteiger partial charge is 0.136 e. The summed E-state index contributed by atoms with van der Waals surface area (Å²) in [6, 6.07) is 18.6. The molecular weight excluding hydrogens is 713 g/mol. The van der Waals surface area contributed by atoms with Gasteiger partial charge in [-0.15, -0.1) is 56.4 Å². The van der Waals surface area contributed by atoms with Crippen molar-refractivity contribution in [1.82, 2.24) is 0 Å². The number of thiophene rings is 4. The van der Waals surface area contributed by atoms with E-state index in [-0.39, 0.29) is 0 Å². The van der Waals surface area contributed by atoms with Crippen LogP contribution >= 0.6 is 45.3 Å². The second kappa shape index (κ2) is 14.5. The zero-order valence-electron chi connectivity index (χ0n) is 31.9. The van der Waals surface area contributed by atoms with Crippen molar-refractivity contribution in [3.8, 4) is 22.9 Å². The molecule has 4 aromatic heterocycles. The van der Waals surface area contributed by atoms with Gasteiger partial charge in [-0.05, 0) is 93.9 Å². The van der Waals surface area contributed by atoms with Gasteiger partial charge in [-0.25, -0.2) is 0 Å². The van der Waals surface area contributed by atoms with E-state index >= 15 is 0 Å². The normalized spacial score (nSPS) is 13.1. The molecule has 0 saturated heterocycles. The van der Waals surface area contributed by atoms with Gasteiger partial charge >= 0.3 is 0 Å². The minimum Gasteiger partial charge on any atom is -0.136 e. The zero-order valence-corrected chi connectivity index (χ0v) is 37.1. The number of rotatable bonds is 8. The van der Waals surface area contributed by atoms with Crippen LogP contribution in [0.1, 0.15) is 103 Å². The van der Waals surface area contributed by atoms with E-state index < -0.39 is 16.1 Å². The second-order valence-electron chi connectivity index (χ2n) is 15.9. The first-order chi connectivity index (χ1) is 23.7. The van der Waals surface area contributed by atoms with Crippen LogP contribution in [0.15, 0.2) is 48.5 Å². The molecule has 6 aromatic rings. The van der Waals surface area contributed by atoms with Crippen molar-refractivity contribution in [1.29, 1.82) is 0 Å². The molecular formula is C44H52S4Si2. The van der Waals surface area contributed by atoms with E-state index in [0.717, 1.165) is 0 Å². The molecule has 0 fully saturated rings. The number of hydrogen-bond acceptors (Lipinski definition) is 4. The average molecular weight is 765 g/mol. The molecule has 0 bridgehead atoms. The third-order valence-electron chi connectivity index (χ3n) is 11.4. The van der Waals surface area contributed by atoms with Crippen LogP contribution in [0.2, 0.25) is 33.2 Å². The van der Waals surface area contributed by atoms with Crippen LogP contribution in [0.3, 0.4) is 0 Å². The Morgan fingerprint density at radius 3 is 1.00 bits per heavy atom. The number of benzene rings is 2. The Balaban J connectivity index is 1.30. The van der Waals surface area contributed by atoms with Gasteiger partial charge in [-0.1, -0.05) is 94.9 Å². The van der Waals surface area contributed by atoms with Crippen LogP contribution < -0.4 is 0 Å². The summed E-state index contributed by atoms with van der Waals surface area (Å²) in [7, 11) is -3.53. The Labute approximate surface area is 319 Å². The summed E-state index contributed by atoms with van der Waals surface area (Å²) in [4.78, 5) is 4.99. The molecule has 0 nitrogen and oxygen atoms in total. The van der Waals surface area contributed by atoms with Crippen LogP contribution in [-0.4, -0.2) is 16.1 Å². The molecule has 50 heavy (non-hydrogen) atoms. The first kappa shape index (κ1) is 37.3. The first-order valence-electron chi connectivity index (χ1n) is 18.3. The Hall–Kier alpha value is -2.43. The molecule has 6 rings (SSSR count). The highest BCUT2D eigenvalue weighted by molar-refractivity contribution is 7.22. The SMILES string of the molecule is CC(C)[Si](C#Cc1cc2c(ccc3sc(/C=C/c4cc5c(ccc6sc(C#C[Si](C(C)C)(C(C)C)C(C)C)cc65)s4)cc32)s1)(C(C)C)C(C)C. The monoisotopic (exact) mass is 764 g/mol. The minimum absolute atomic E-state index is 0.641. The Morgan fingerprint density at radius 2 is 0.700 bits per heavy atom. The van der Waals surface area contributed by atoms with E-state index in [2.05, 4.69) is 167 Å². The van der Waals surface area contributed by atoms with E-state index in [1.165, 1.54) is 59.9 Å². The summed E-state index contributed by atoms with van der Waals surface area (Å²) < 4.78 is 5.35. The lowest BCUT2D eigenvalue weighted by Crippen LogP contribution is -2.43. The maximum absolute atomic E-state index is 3.94. The van der Waals surface area contributed by atoms with E-state index in [4.69, 9.17) is 0 Å². The third kappa shape index (κ3) is 6.66. The quantitative estimate of drug-likeness (QED) is 0.107. The molecule has 0 unspecified atom stereocenters. The van der Waals surface area contributed by atoms with Gasteiger partial charge in [0.25, 0.3) is 0 Å². The van der Waals surface area contributed by atoms with Crippen molar-refractivity contribution < 1.29 is 0 Å². The van der Waals surface area contributed by atoms with E-state index in [1.807, 2.05) is 45.3 Å². The van der Waals surface area contributed by atoms with Crippen molar-refractivity contribution in [3.63, 3.8) is 0 Å². The standard InChI is InChI=1S/C44H52S4Si2/c1-27(2)49(28(3)4,29(5)6)21-19-35-25-39-37-23-33(45-41(37)15-17-43(39)47-35)13-14-34-24-38-40-26-36(48-44(40)18-16-42(38)46-34)20-22-50(30(7)8,31(9)10)32(11)12/h13-18,23-32H,1-12H3/b14-13+. The Bertz CT molecular complexity index is 2120. The van der Waals surface area contributed by atoms with E-state index in [1.54, 1.807) is 0 Å². The molecule has 0 amide bonds. The van der Waals surface area contributed by atoms with Crippen molar-refractivity contribution >= 4 is 114 Å². The van der Waals surface area contributed by atoms with E-state index in [9.17, 15) is 0 Å². The molecule has 0 spiro atoms. The first-order valence-corrected chi connectivity index (χ1v) is 26.1. The van der Waals surface area contributed by atoms with Gasteiger partial charge in [0.1, 0.15) is 16.1 Å². The maximum Gasteiger partial charge on any atom is 0.146 e. The molecule has 0 atom stereocenters. The van der Waals surface area contributed by atoms with Gasteiger partial charge in [0.15, 0.2) is 0 Å². The lowest BCUT2D eigenvalue weighted by Gasteiger charge is -2.38. The summed E-state index contributed by atoms with van der Waals surface area (Å²) in [5.41, 5.74) is 11.7. The molecule has 0 aliphatic rings. The zero-order chi connectivity index (χ0) is 36.1.